The van der Waals surface area contributed by atoms with E-state index in [1.165, 1.54) is 0 Å². The van der Waals surface area contributed by atoms with Gasteiger partial charge in [-0.15, -0.1) is 0 Å². The minimum atomic E-state index is -0.290. The Balaban J connectivity index is 1.98. The van der Waals surface area contributed by atoms with E-state index in [-0.39, 0.29) is 23.0 Å². The fraction of sp³-hybridized carbons (Fsp3) is 0.312. The third kappa shape index (κ3) is 4.62. The molecule has 0 atom stereocenters. The molecule has 0 fully saturated rings. The van der Waals surface area contributed by atoms with Gasteiger partial charge in [0.05, 0.1) is 12.7 Å². The summed E-state index contributed by atoms with van der Waals surface area (Å²) in [6, 6.07) is 10.9. The van der Waals surface area contributed by atoms with Gasteiger partial charge in [-0.1, -0.05) is 24.3 Å². The zero-order chi connectivity index (χ0) is 15.2. The van der Waals surface area contributed by atoms with Crippen LogP contribution in [0.5, 0.6) is 0 Å². The Labute approximate surface area is 129 Å². The van der Waals surface area contributed by atoms with Crippen molar-refractivity contribution in [3.63, 3.8) is 0 Å². The number of carbonyl (C=O) groups excluding carboxylic acids is 1. The molecule has 0 bridgehead atoms. The average Bonchev–Trinajstić information content (AvgIpc) is 2.90. The van der Waals surface area contributed by atoms with Crippen LogP contribution in [0, 0.1) is 0 Å². The zero-order valence-electron chi connectivity index (χ0n) is 12.1. The number of furan rings is 1. The summed E-state index contributed by atoms with van der Waals surface area (Å²) in [7, 11) is 0. The van der Waals surface area contributed by atoms with Gasteiger partial charge in [0.1, 0.15) is 0 Å². The summed E-state index contributed by atoms with van der Waals surface area (Å²) in [5, 5.41) is 3.01. The maximum Gasteiger partial charge on any atom is 0.287 e. The van der Waals surface area contributed by atoms with Gasteiger partial charge >= 0.3 is 0 Å². The Morgan fingerprint density at radius 3 is 2.57 bits per heavy atom. The molecular formula is C16H18ClNO3. The lowest BCUT2D eigenvalue weighted by atomic mass is 10.1. The highest BCUT2D eigenvalue weighted by molar-refractivity contribution is 6.29. The molecule has 1 aromatic heterocycles. The van der Waals surface area contributed by atoms with E-state index in [2.05, 4.69) is 5.32 Å². The highest BCUT2D eigenvalue weighted by Gasteiger charge is 2.11. The monoisotopic (exact) mass is 307 g/mol. The fourth-order valence-corrected chi connectivity index (χ4v) is 1.97. The van der Waals surface area contributed by atoms with Crippen LogP contribution in [0.1, 0.15) is 35.5 Å². The second-order valence-electron chi connectivity index (χ2n) is 4.91. The normalized spacial score (nSPS) is 10.9. The minimum absolute atomic E-state index is 0.165. The predicted octanol–water partition coefficient (Wildman–Crippen LogP) is 3.79. The van der Waals surface area contributed by atoms with E-state index in [0.29, 0.717) is 13.2 Å². The minimum Gasteiger partial charge on any atom is -0.440 e. The van der Waals surface area contributed by atoms with Gasteiger partial charge in [-0.05, 0) is 48.7 Å². The molecule has 2 rings (SSSR count). The largest absolute Gasteiger partial charge is 0.440 e. The highest BCUT2D eigenvalue weighted by atomic mass is 35.5. The summed E-state index contributed by atoms with van der Waals surface area (Å²) in [4.78, 5) is 11.9. The Hall–Kier alpha value is -1.78. The molecule has 1 amide bonds. The number of benzene rings is 1. The van der Waals surface area contributed by atoms with Crippen LogP contribution in [0.15, 0.2) is 40.8 Å². The van der Waals surface area contributed by atoms with E-state index in [4.69, 9.17) is 20.8 Å². The van der Waals surface area contributed by atoms with Crippen LogP contribution >= 0.6 is 11.6 Å². The predicted molar refractivity (Wildman–Crippen MR) is 81.3 cm³/mol. The van der Waals surface area contributed by atoms with Crippen molar-refractivity contribution in [3.05, 3.63) is 58.5 Å². The van der Waals surface area contributed by atoms with Gasteiger partial charge < -0.3 is 14.5 Å². The topological polar surface area (TPSA) is 51.5 Å². The summed E-state index contributed by atoms with van der Waals surface area (Å²) in [5.41, 5.74) is 2.08. The smallest absolute Gasteiger partial charge is 0.287 e. The van der Waals surface area contributed by atoms with Crippen molar-refractivity contribution < 1.29 is 13.9 Å². The molecule has 1 aromatic carbocycles. The first kappa shape index (κ1) is 15.6. The zero-order valence-corrected chi connectivity index (χ0v) is 12.8. The Morgan fingerprint density at radius 1 is 1.24 bits per heavy atom. The summed E-state index contributed by atoms with van der Waals surface area (Å²) in [6.45, 7) is 4.92. The molecule has 0 radical (unpaired) electrons. The van der Waals surface area contributed by atoms with Crippen molar-refractivity contribution in [2.75, 3.05) is 0 Å². The van der Waals surface area contributed by atoms with Crippen molar-refractivity contribution in [1.82, 2.24) is 5.32 Å². The first-order valence-corrected chi connectivity index (χ1v) is 7.16. The molecule has 0 aliphatic rings. The molecule has 4 nitrogen and oxygen atoms in total. The van der Waals surface area contributed by atoms with Gasteiger partial charge in [0.2, 0.25) is 0 Å². The van der Waals surface area contributed by atoms with Crippen LogP contribution < -0.4 is 5.32 Å². The SMILES string of the molecule is CC(C)OCc1ccccc1CNC(=O)c1ccc(Cl)o1. The van der Waals surface area contributed by atoms with Crippen LogP contribution in [-0.2, 0) is 17.9 Å². The molecular weight excluding hydrogens is 290 g/mol. The highest BCUT2D eigenvalue weighted by Crippen LogP contribution is 2.14. The molecule has 0 saturated carbocycles. The van der Waals surface area contributed by atoms with Crippen molar-refractivity contribution in [3.8, 4) is 0 Å². The van der Waals surface area contributed by atoms with Crippen LogP contribution in [-0.4, -0.2) is 12.0 Å². The van der Waals surface area contributed by atoms with E-state index in [1.54, 1.807) is 12.1 Å². The molecule has 21 heavy (non-hydrogen) atoms. The molecule has 0 aliphatic carbocycles. The summed E-state index contributed by atoms with van der Waals surface area (Å²) in [5.74, 6) is -0.0857. The molecule has 0 spiro atoms. The lowest BCUT2D eigenvalue weighted by Crippen LogP contribution is -2.23. The van der Waals surface area contributed by atoms with Crippen molar-refractivity contribution >= 4 is 17.5 Å². The third-order valence-corrected chi connectivity index (χ3v) is 3.13. The standard InChI is InChI=1S/C16H18ClNO3/c1-11(2)20-10-13-6-4-3-5-12(13)9-18-16(19)14-7-8-15(17)21-14/h3-8,11H,9-10H2,1-2H3,(H,18,19). The van der Waals surface area contributed by atoms with Gasteiger partial charge in [-0.25, -0.2) is 0 Å². The van der Waals surface area contributed by atoms with Crippen LogP contribution in [0.2, 0.25) is 5.22 Å². The number of amides is 1. The van der Waals surface area contributed by atoms with E-state index in [1.807, 2.05) is 38.1 Å². The lowest BCUT2D eigenvalue weighted by molar-refractivity contribution is 0.0651. The Morgan fingerprint density at radius 2 is 1.95 bits per heavy atom. The Bertz CT molecular complexity index is 607. The second kappa shape index (κ2) is 7.29. The first-order chi connectivity index (χ1) is 10.1. The number of hydrogen-bond acceptors (Lipinski definition) is 3. The van der Waals surface area contributed by atoms with E-state index >= 15 is 0 Å². The number of nitrogens with one attached hydrogen (secondary N) is 1. The van der Waals surface area contributed by atoms with Gasteiger partial charge in [-0.3, -0.25) is 4.79 Å². The maximum atomic E-state index is 11.9. The van der Waals surface area contributed by atoms with Gasteiger partial charge in [0.15, 0.2) is 11.0 Å². The van der Waals surface area contributed by atoms with Crippen molar-refractivity contribution in [2.24, 2.45) is 0 Å². The Kier molecular flexibility index (Phi) is 5.42. The molecule has 1 N–H and O–H groups in total. The molecule has 112 valence electrons. The first-order valence-electron chi connectivity index (χ1n) is 6.78. The van der Waals surface area contributed by atoms with Crippen molar-refractivity contribution in [1.29, 1.82) is 0 Å². The molecule has 0 unspecified atom stereocenters. The summed E-state index contributed by atoms with van der Waals surface area (Å²) >= 11 is 5.65. The van der Waals surface area contributed by atoms with Gasteiger partial charge in [-0.2, -0.15) is 0 Å². The van der Waals surface area contributed by atoms with Crippen LogP contribution in [0.3, 0.4) is 0 Å². The molecule has 1 heterocycles. The van der Waals surface area contributed by atoms with E-state index < -0.39 is 0 Å². The second-order valence-corrected chi connectivity index (χ2v) is 5.29. The van der Waals surface area contributed by atoms with Crippen LogP contribution in [0.4, 0.5) is 0 Å². The molecule has 0 aliphatic heterocycles. The summed E-state index contributed by atoms with van der Waals surface area (Å²) < 4.78 is 10.7. The van der Waals surface area contributed by atoms with E-state index in [0.717, 1.165) is 11.1 Å². The number of rotatable bonds is 6. The maximum absolute atomic E-state index is 11.9. The fourth-order valence-electron chi connectivity index (χ4n) is 1.83. The summed E-state index contributed by atoms with van der Waals surface area (Å²) in [6.07, 6.45) is 0.165. The quantitative estimate of drug-likeness (QED) is 0.883. The molecule has 2 aromatic rings. The molecule has 0 saturated heterocycles. The number of carbonyl (C=O) groups is 1. The average molecular weight is 308 g/mol. The number of halogens is 1. The van der Waals surface area contributed by atoms with Crippen molar-refractivity contribution in [2.45, 2.75) is 33.1 Å². The molecule has 5 heteroatoms. The van der Waals surface area contributed by atoms with E-state index in [9.17, 15) is 4.79 Å². The number of hydrogen-bond donors (Lipinski definition) is 1. The van der Waals surface area contributed by atoms with Gasteiger partial charge in [0.25, 0.3) is 5.91 Å². The van der Waals surface area contributed by atoms with Crippen LogP contribution in [0.25, 0.3) is 0 Å². The third-order valence-electron chi connectivity index (χ3n) is 2.93. The van der Waals surface area contributed by atoms with Gasteiger partial charge in [0, 0.05) is 6.54 Å². The lowest BCUT2D eigenvalue weighted by Gasteiger charge is -2.12. The number of ether oxygens (including phenoxy) is 1.